The second-order valence-electron chi connectivity index (χ2n) is 35.1. The minimum absolute atomic E-state index is 0.00799. The number of rotatable bonds is 32. The third kappa shape index (κ3) is 23.8. The second-order valence-corrected chi connectivity index (χ2v) is 45.0. The van der Waals surface area contributed by atoms with Gasteiger partial charge in [-0.3, -0.25) is 14.0 Å². The van der Waals surface area contributed by atoms with Gasteiger partial charge in [0.1, 0.15) is 32.3 Å². The lowest BCUT2D eigenvalue weighted by atomic mass is 9.80. The maximum atomic E-state index is 13.1. The van der Waals surface area contributed by atoms with Gasteiger partial charge in [0, 0.05) is 65.3 Å². The molecule has 3 aromatic carbocycles. The second kappa shape index (κ2) is 39.5. The topological polar surface area (TPSA) is 406 Å². The fourth-order valence-corrected chi connectivity index (χ4v) is 20.7. The number of urea groups is 1. The maximum Gasteiger partial charge on any atom is 0.317 e. The zero-order valence-electron chi connectivity index (χ0n) is 73.9. The SMILES string of the molecule is CC(C)S(=O)(=O)c1nn(C2CC2)cc1Nc1nc(Nc2ccc(C3CCN(S(C)(=O)=O)CC3)cc2OC2CC2)ncc1Cl.CCNC(=O)N1CCC(c2ccc(Nc3ncc(Cl)c(Nc4cn(C)nc4S(=O)(=O)C(C)C)n3)c(OC3CC3)c2)CC1.Cc1cc(Nc2ncc(Cl)c(Nc3cn(C)nc3S(=O)(=O)CC(C)C)n2)c(OC2CC2)cc1C1CCC(N(C)C)CC1. The summed E-state index contributed by atoms with van der Waals surface area (Å²) in [5.41, 5.74) is 7.91. The van der Waals surface area contributed by atoms with Crippen LogP contribution >= 0.6 is 34.8 Å². The Labute approximate surface area is 758 Å². The van der Waals surface area contributed by atoms with Crippen LogP contribution in [0, 0.1) is 12.8 Å². The van der Waals surface area contributed by atoms with E-state index in [1.165, 1.54) is 68.0 Å². The summed E-state index contributed by atoms with van der Waals surface area (Å²) in [6, 6.07) is 17.2. The van der Waals surface area contributed by atoms with Gasteiger partial charge in [-0.1, -0.05) is 60.8 Å². The number of carbonyl (C=O) groups is 1. The van der Waals surface area contributed by atoms with E-state index in [0.717, 1.165) is 107 Å². The average molecular weight is 1880 g/mol. The maximum absolute atomic E-state index is 13.1. The van der Waals surface area contributed by atoms with Crippen molar-refractivity contribution in [1.82, 2.24) is 78.7 Å². The number of sulfone groups is 3. The van der Waals surface area contributed by atoms with Crippen LogP contribution in [0.3, 0.4) is 0 Å². The molecule has 2 aliphatic heterocycles. The Kier molecular flexibility index (Phi) is 29.2. The van der Waals surface area contributed by atoms with Gasteiger partial charge in [0.15, 0.2) is 27.3 Å². The highest BCUT2D eigenvalue weighted by molar-refractivity contribution is 7.92. The lowest BCUT2D eigenvalue weighted by molar-refractivity contribution is 0.182. The zero-order chi connectivity index (χ0) is 90.7. The summed E-state index contributed by atoms with van der Waals surface area (Å²) < 4.78 is 127. The summed E-state index contributed by atoms with van der Waals surface area (Å²) in [6.07, 6.45) is 27.0. The molecule has 0 spiro atoms. The number of hydrogen-bond donors (Lipinski definition) is 7. The molecule has 5 aliphatic carbocycles. The molecule has 2 amide bonds. The van der Waals surface area contributed by atoms with Crippen LogP contribution in [0.25, 0.3) is 0 Å². The van der Waals surface area contributed by atoms with Crippen molar-refractivity contribution in [3.63, 3.8) is 0 Å². The van der Waals surface area contributed by atoms with Gasteiger partial charge in [0.25, 0.3) is 0 Å². The Morgan fingerprint density at radius 3 is 1.33 bits per heavy atom. The molecular weight excluding hydrogens is 1770 g/mol. The molecule has 6 aromatic heterocycles. The summed E-state index contributed by atoms with van der Waals surface area (Å²) in [6.45, 7) is 17.3. The van der Waals surface area contributed by atoms with Crippen molar-refractivity contribution in [2.24, 2.45) is 20.0 Å². The number of sulfonamides is 1. The van der Waals surface area contributed by atoms with Gasteiger partial charge in [-0.2, -0.15) is 30.2 Å². The molecule has 7 aliphatic rings. The van der Waals surface area contributed by atoms with E-state index in [2.05, 4.69) is 133 Å². The van der Waals surface area contributed by atoms with Crippen LogP contribution in [0.2, 0.25) is 15.1 Å². The molecule has 127 heavy (non-hydrogen) atoms. The minimum Gasteiger partial charge on any atom is -0.488 e. The van der Waals surface area contributed by atoms with Crippen LogP contribution in [-0.4, -0.2) is 207 Å². The number of aromatic nitrogens is 12. The summed E-state index contributed by atoms with van der Waals surface area (Å²) in [5, 5.41) is 33.9. The summed E-state index contributed by atoms with van der Waals surface area (Å²) in [5.74, 6) is 4.79. The van der Waals surface area contributed by atoms with E-state index < -0.39 is 50.0 Å². The van der Waals surface area contributed by atoms with Crippen LogP contribution in [0.4, 0.5) is 74.2 Å². The molecule has 8 heterocycles. The van der Waals surface area contributed by atoms with Gasteiger partial charge in [0.2, 0.25) is 62.6 Å². The third-order valence-corrected chi connectivity index (χ3v) is 31.5. The lowest BCUT2D eigenvalue weighted by Gasteiger charge is -2.33. The van der Waals surface area contributed by atoms with Crippen molar-refractivity contribution in [3.8, 4) is 17.2 Å². The fraction of sp³-hybridized carbons (Fsp3) is 0.535. The predicted molar refractivity (Wildman–Crippen MR) is 494 cm³/mol. The molecule has 0 radical (unpaired) electrons. The smallest absolute Gasteiger partial charge is 0.317 e. The first kappa shape index (κ1) is 93.7. The van der Waals surface area contributed by atoms with Crippen molar-refractivity contribution < 1.29 is 52.7 Å². The Hall–Kier alpha value is -9.41. The highest BCUT2D eigenvalue weighted by Crippen LogP contribution is 2.46. The first-order valence-corrected chi connectivity index (χ1v) is 51.2. The van der Waals surface area contributed by atoms with E-state index in [4.69, 9.17) is 49.0 Å². The van der Waals surface area contributed by atoms with E-state index in [0.29, 0.717) is 90.8 Å². The number of amides is 2. The lowest BCUT2D eigenvalue weighted by Crippen LogP contribution is -2.44. The van der Waals surface area contributed by atoms with Crippen LogP contribution < -0.4 is 51.4 Å². The first-order chi connectivity index (χ1) is 60.3. The zero-order valence-corrected chi connectivity index (χ0v) is 79.4. The van der Waals surface area contributed by atoms with E-state index in [-0.39, 0.29) is 113 Å². The van der Waals surface area contributed by atoms with Crippen LogP contribution in [0.15, 0.2) is 101 Å². The number of nitrogens with one attached hydrogen (secondary N) is 7. The van der Waals surface area contributed by atoms with E-state index in [1.807, 2.05) is 49.9 Å². The van der Waals surface area contributed by atoms with Crippen molar-refractivity contribution in [2.45, 2.75) is 232 Å². The van der Waals surface area contributed by atoms with Crippen LogP contribution in [0.1, 0.15) is 197 Å². The minimum atomic E-state index is -3.66. The highest BCUT2D eigenvalue weighted by Gasteiger charge is 2.37. The number of nitrogens with zero attached hydrogens (tertiary/aromatic N) is 15. The van der Waals surface area contributed by atoms with Crippen molar-refractivity contribution in [1.29, 1.82) is 0 Å². The number of anilines is 12. The van der Waals surface area contributed by atoms with Crippen molar-refractivity contribution in [2.75, 3.05) is 90.7 Å². The number of halogens is 3. The van der Waals surface area contributed by atoms with Gasteiger partial charge in [0.05, 0.1) is 106 Å². The number of aryl methyl sites for hydroxylation is 3. The van der Waals surface area contributed by atoms with E-state index in [9.17, 15) is 38.5 Å². The number of piperidine rings is 2. The Morgan fingerprint density at radius 1 is 0.496 bits per heavy atom. The molecule has 16 rings (SSSR count). The standard InChI is InChI=1S/C30H42ClN7O3S.C28H37ClN8O4S.C28H36ClN7O5S2/c1-18(2)17-42(39,40)29-26(16-38(6)36-29)33-28-24(31)15-32-30(35-28)34-25-13-19(3)23(14-27(25)41-22-11-12-22)20-7-9-21(10-8-20)37(4)5;1-5-30-28(38)37-12-10-18(11-13-37)19-6-9-22(24(14-19)41-20-7-8-20)33-27-31-15-21(29)25(34-27)32-23-16-36(4)35-26(23)42(39,40)17(2)3;1-17(2)43(39,40)27-24(16-36(34-27)20-5-6-20)31-26-22(29)15-30-28(33-26)32-23-9-4-19(14-25(23)41-21-7-8-21)18-10-12-35(13-11-18)42(3,37)38/h13-16,18,20-22H,7-12,17H2,1-6H3,(H2,32,33,34,35);6,9,14-18,20H,5,7-8,10-13H2,1-4H3,(H,30,38)(H2,31,32,33,34);4,9,14-18,20-21H,5-8,10-13H2,1-3H3,(H2,30,31,32,33). The molecule has 7 fully saturated rings. The molecule has 2 saturated heterocycles. The summed E-state index contributed by atoms with van der Waals surface area (Å²) in [4.78, 5) is 43.2. The van der Waals surface area contributed by atoms with E-state index >= 15 is 0 Å². The predicted octanol–water partition coefficient (Wildman–Crippen LogP) is 16.2. The first-order valence-electron chi connectivity index (χ1n) is 43.5. The van der Waals surface area contributed by atoms with Gasteiger partial charge < -0.3 is 61.2 Å². The average Bonchev–Trinajstić information content (AvgIpc) is 1.02. The molecule has 7 N–H and O–H groups in total. The van der Waals surface area contributed by atoms with Crippen molar-refractivity contribution in [3.05, 3.63) is 123 Å². The summed E-state index contributed by atoms with van der Waals surface area (Å²) in [7, 11) is -6.46. The Bertz CT molecular complexity index is 5940. The largest absolute Gasteiger partial charge is 0.488 e. The van der Waals surface area contributed by atoms with Gasteiger partial charge >= 0.3 is 6.03 Å². The third-order valence-electron chi connectivity index (χ3n) is 23.2. The quantitative estimate of drug-likeness (QED) is 0.0206. The molecule has 0 atom stereocenters. The Morgan fingerprint density at radius 2 is 0.913 bits per heavy atom. The molecule has 5 saturated carbocycles. The molecule has 0 bridgehead atoms. The van der Waals surface area contributed by atoms with Crippen LogP contribution in [-0.2, 0) is 53.6 Å². The number of likely N-dealkylation sites (tertiary alicyclic amines) is 1. The molecule has 41 heteroatoms. The highest BCUT2D eigenvalue weighted by atomic mass is 35.5. The van der Waals surface area contributed by atoms with Gasteiger partial charge in [-0.25, -0.2) is 57.7 Å². The normalized spacial score (nSPS) is 18.0. The number of carbonyl (C=O) groups excluding carboxylic acids is 1. The molecule has 0 unspecified atom stereocenters. The van der Waals surface area contributed by atoms with Crippen LogP contribution in [0.5, 0.6) is 17.2 Å². The number of ether oxygens (including phenoxy) is 3. The number of hydrogen-bond acceptors (Lipinski definition) is 28. The summed E-state index contributed by atoms with van der Waals surface area (Å²) >= 11 is 19.3. The monoisotopic (exact) mass is 1880 g/mol. The molecule has 686 valence electrons. The number of benzene rings is 3. The molecule has 9 aromatic rings. The van der Waals surface area contributed by atoms with Crippen molar-refractivity contribution >= 4 is 150 Å². The van der Waals surface area contributed by atoms with Gasteiger partial charge in [-0.15, -0.1) is 0 Å². The molecular formula is C86H115Cl3N22O12S4. The fourth-order valence-electron chi connectivity index (χ4n) is 15.5. The Balaban J connectivity index is 0.000000154. The molecule has 34 nitrogen and oxygen atoms in total. The van der Waals surface area contributed by atoms with Gasteiger partial charge in [-0.05, 0) is 241 Å². The van der Waals surface area contributed by atoms with E-state index in [1.54, 1.807) is 65.1 Å².